The zero-order chi connectivity index (χ0) is 19.4. The van der Waals surface area contributed by atoms with Crippen LogP contribution in [0.2, 0.25) is 0 Å². The molecule has 1 aliphatic heterocycles. The van der Waals surface area contributed by atoms with Gasteiger partial charge in [0, 0.05) is 6.07 Å². The summed E-state index contributed by atoms with van der Waals surface area (Å²) >= 11 is 0. The number of anilines is 1. The number of hydrogen-bond donors (Lipinski definition) is 1. The highest BCUT2D eigenvalue weighted by Gasteiger charge is 2.28. The van der Waals surface area contributed by atoms with Crippen LogP contribution < -0.4 is 13.8 Å². The van der Waals surface area contributed by atoms with Crippen molar-refractivity contribution in [3.63, 3.8) is 0 Å². The topological polar surface area (TPSA) is 117 Å². The third-order valence-electron chi connectivity index (χ3n) is 3.89. The quantitative estimate of drug-likeness (QED) is 0.802. The van der Waals surface area contributed by atoms with Crippen LogP contribution in [0.3, 0.4) is 0 Å². The second-order valence-electron chi connectivity index (χ2n) is 5.71. The molecule has 1 N–H and O–H groups in total. The van der Waals surface area contributed by atoms with E-state index in [1.807, 2.05) is 6.07 Å². The Morgan fingerprint density at radius 1 is 1.11 bits per heavy atom. The summed E-state index contributed by atoms with van der Waals surface area (Å²) in [6, 6.07) is 12.3. The largest absolute Gasteiger partial charge is 0.486 e. The van der Waals surface area contributed by atoms with E-state index in [1.54, 1.807) is 12.1 Å². The smallest absolute Gasteiger partial charge is 0.324 e. The Bertz CT molecular complexity index is 996. The van der Waals surface area contributed by atoms with E-state index in [0.29, 0.717) is 30.3 Å². The standard InChI is InChI=1S/C18H16N2O6S/c19-8-7-13-1-3-14(4-2-13)20(12-18(21)22)27(23,24)15-5-6-16-17(11-15)26-10-9-25-16/h1-6,11H,7,9-10,12H2,(H,21,22). The van der Waals surface area contributed by atoms with E-state index in [1.165, 1.54) is 30.3 Å². The van der Waals surface area contributed by atoms with Gasteiger partial charge in [-0.2, -0.15) is 5.26 Å². The van der Waals surface area contributed by atoms with Gasteiger partial charge in [0.05, 0.1) is 23.1 Å². The van der Waals surface area contributed by atoms with Crippen LogP contribution in [-0.4, -0.2) is 39.3 Å². The minimum atomic E-state index is -4.16. The summed E-state index contributed by atoms with van der Waals surface area (Å²) in [7, 11) is -4.16. The normalized spacial score (nSPS) is 12.9. The maximum atomic E-state index is 13.1. The minimum absolute atomic E-state index is 0.103. The predicted octanol–water partition coefficient (Wildman–Crippen LogP) is 1.80. The highest BCUT2D eigenvalue weighted by atomic mass is 32.2. The monoisotopic (exact) mass is 388 g/mol. The summed E-state index contributed by atoms with van der Waals surface area (Å²) in [5.74, 6) is -0.565. The molecule has 8 nitrogen and oxygen atoms in total. The first-order valence-corrected chi connectivity index (χ1v) is 9.46. The fourth-order valence-corrected chi connectivity index (χ4v) is 4.05. The molecule has 0 unspecified atom stereocenters. The maximum absolute atomic E-state index is 13.1. The summed E-state index contributed by atoms with van der Waals surface area (Å²) in [6.07, 6.45) is 0.175. The van der Waals surface area contributed by atoms with Crippen molar-refractivity contribution >= 4 is 21.7 Å². The van der Waals surface area contributed by atoms with Crippen LogP contribution in [0, 0.1) is 11.3 Å². The molecule has 27 heavy (non-hydrogen) atoms. The molecule has 1 aliphatic rings. The van der Waals surface area contributed by atoms with E-state index in [4.69, 9.17) is 14.7 Å². The van der Waals surface area contributed by atoms with Crippen molar-refractivity contribution in [3.8, 4) is 17.6 Å². The van der Waals surface area contributed by atoms with Crippen LogP contribution in [-0.2, 0) is 21.2 Å². The molecule has 0 saturated carbocycles. The van der Waals surface area contributed by atoms with Crippen molar-refractivity contribution in [1.82, 2.24) is 0 Å². The summed E-state index contributed by atoms with van der Waals surface area (Å²) in [6.45, 7) is -0.0661. The average molecular weight is 388 g/mol. The molecule has 2 aromatic rings. The zero-order valence-corrected chi connectivity index (χ0v) is 15.0. The second-order valence-corrected chi connectivity index (χ2v) is 7.57. The van der Waals surface area contributed by atoms with E-state index >= 15 is 0 Å². The molecule has 0 amide bonds. The molecule has 0 atom stereocenters. The minimum Gasteiger partial charge on any atom is -0.486 e. The molecule has 0 fully saturated rings. The number of nitriles is 1. The summed E-state index contributed by atoms with van der Waals surface area (Å²) in [5.41, 5.74) is 0.891. The number of fused-ring (bicyclic) bond motifs is 1. The molecule has 9 heteroatoms. The van der Waals surface area contributed by atoms with Crippen LogP contribution in [0.25, 0.3) is 0 Å². The highest BCUT2D eigenvalue weighted by molar-refractivity contribution is 7.92. The van der Waals surface area contributed by atoms with Crippen molar-refractivity contribution in [1.29, 1.82) is 5.26 Å². The van der Waals surface area contributed by atoms with Crippen molar-refractivity contribution in [2.45, 2.75) is 11.3 Å². The van der Waals surface area contributed by atoms with E-state index in [2.05, 4.69) is 0 Å². The molecular weight excluding hydrogens is 372 g/mol. The number of rotatable bonds is 6. The van der Waals surface area contributed by atoms with Crippen molar-refractivity contribution < 1.29 is 27.8 Å². The zero-order valence-electron chi connectivity index (χ0n) is 14.2. The first-order valence-electron chi connectivity index (χ1n) is 8.02. The number of hydrogen-bond acceptors (Lipinski definition) is 6. The molecule has 0 radical (unpaired) electrons. The summed E-state index contributed by atoms with van der Waals surface area (Å²) in [4.78, 5) is 11.2. The van der Waals surface area contributed by atoms with Crippen LogP contribution >= 0.6 is 0 Å². The lowest BCUT2D eigenvalue weighted by molar-refractivity contribution is -0.135. The highest BCUT2D eigenvalue weighted by Crippen LogP contribution is 2.34. The first-order chi connectivity index (χ1) is 12.9. The van der Waals surface area contributed by atoms with Gasteiger partial charge >= 0.3 is 5.97 Å². The van der Waals surface area contributed by atoms with Gasteiger partial charge in [-0.05, 0) is 29.8 Å². The summed E-state index contributed by atoms with van der Waals surface area (Å²) in [5, 5.41) is 17.9. The lowest BCUT2D eigenvalue weighted by Gasteiger charge is -2.24. The third kappa shape index (κ3) is 3.96. The molecule has 2 aromatic carbocycles. The van der Waals surface area contributed by atoms with Crippen molar-refractivity contribution in [2.24, 2.45) is 0 Å². The van der Waals surface area contributed by atoms with Crippen LogP contribution in [0.4, 0.5) is 5.69 Å². The van der Waals surface area contributed by atoms with Crippen LogP contribution in [0.5, 0.6) is 11.5 Å². The van der Waals surface area contributed by atoms with Gasteiger partial charge in [-0.3, -0.25) is 9.10 Å². The Hall–Kier alpha value is -3.25. The third-order valence-corrected chi connectivity index (χ3v) is 5.66. The SMILES string of the molecule is N#CCc1ccc(N(CC(=O)O)S(=O)(=O)c2ccc3c(c2)OCCO3)cc1. The number of ether oxygens (including phenoxy) is 2. The van der Waals surface area contributed by atoms with Gasteiger partial charge in [-0.25, -0.2) is 8.42 Å². The number of carboxylic acid groups (broad SMARTS) is 1. The van der Waals surface area contributed by atoms with Crippen molar-refractivity contribution in [2.75, 3.05) is 24.1 Å². The molecule has 0 aliphatic carbocycles. The van der Waals surface area contributed by atoms with Crippen molar-refractivity contribution in [3.05, 3.63) is 48.0 Å². The van der Waals surface area contributed by atoms with Gasteiger partial charge in [0.1, 0.15) is 19.8 Å². The summed E-state index contributed by atoms with van der Waals surface area (Å²) < 4.78 is 37.8. The fourth-order valence-electron chi connectivity index (χ4n) is 2.62. The molecular formula is C18H16N2O6S. The maximum Gasteiger partial charge on any atom is 0.324 e. The van der Waals surface area contributed by atoms with Gasteiger partial charge in [0.25, 0.3) is 10.0 Å². The molecule has 140 valence electrons. The van der Waals surface area contributed by atoms with Gasteiger partial charge in [-0.1, -0.05) is 12.1 Å². The van der Waals surface area contributed by atoms with Gasteiger partial charge in [0.15, 0.2) is 11.5 Å². The number of carboxylic acids is 1. The Labute approximate surface area is 156 Å². The van der Waals surface area contributed by atoms with E-state index in [9.17, 15) is 18.3 Å². The van der Waals surface area contributed by atoms with Crippen LogP contribution in [0.1, 0.15) is 5.56 Å². The first kappa shape index (κ1) is 18.5. The number of carbonyl (C=O) groups is 1. The number of aliphatic carboxylic acids is 1. The van der Waals surface area contributed by atoms with E-state index in [-0.39, 0.29) is 17.0 Å². The van der Waals surface area contributed by atoms with E-state index in [0.717, 1.165) is 4.31 Å². The molecule has 1 heterocycles. The predicted molar refractivity (Wildman–Crippen MR) is 95.4 cm³/mol. The van der Waals surface area contributed by atoms with Gasteiger partial charge in [0.2, 0.25) is 0 Å². The number of benzene rings is 2. The average Bonchev–Trinajstić information content (AvgIpc) is 2.66. The van der Waals surface area contributed by atoms with E-state index < -0.39 is 22.5 Å². The molecule has 0 spiro atoms. The lowest BCUT2D eigenvalue weighted by atomic mass is 10.1. The van der Waals surface area contributed by atoms with Gasteiger partial charge < -0.3 is 14.6 Å². The Morgan fingerprint density at radius 2 is 1.78 bits per heavy atom. The van der Waals surface area contributed by atoms with Gasteiger partial charge in [-0.15, -0.1) is 0 Å². The fraction of sp³-hybridized carbons (Fsp3) is 0.222. The number of nitrogens with zero attached hydrogens (tertiary/aromatic N) is 2. The Kier molecular flexibility index (Phi) is 5.19. The Balaban J connectivity index is 2.00. The lowest BCUT2D eigenvalue weighted by Crippen LogP contribution is -2.35. The number of sulfonamides is 1. The Morgan fingerprint density at radius 3 is 2.41 bits per heavy atom. The second kappa shape index (κ2) is 7.55. The molecule has 0 bridgehead atoms. The molecule has 0 aromatic heterocycles. The van der Waals surface area contributed by atoms with Crippen LogP contribution in [0.15, 0.2) is 47.4 Å². The molecule has 3 rings (SSSR count). The molecule has 0 saturated heterocycles.